The van der Waals surface area contributed by atoms with Crippen LogP contribution < -0.4 is 5.32 Å². The first-order chi connectivity index (χ1) is 13.7. The average molecular weight is 423 g/mol. The number of alkyl halides is 3. The molecule has 0 bridgehead atoms. The molecule has 10 heteroatoms. The number of nitrogens with zero attached hydrogens (tertiary/aromatic N) is 4. The highest BCUT2D eigenvalue weighted by Crippen LogP contribution is 2.31. The number of benzene rings is 1. The van der Waals surface area contributed by atoms with E-state index in [0.29, 0.717) is 18.8 Å². The van der Waals surface area contributed by atoms with Crippen molar-refractivity contribution in [3.63, 3.8) is 0 Å². The summed E-state index contributed by atoms with van der Waals surface area (Å²) in [6, 6.07) is 6.45. The summed E-state index contributed by atoms with van der Waals surface area (Å²) in [5.41, 5.74) is 1.42. The van der Waals surface area contributed by atoms with E-state index in [1.54, 1.807) is 6.20 Å². The van der Waals surface area contributed by atoms with Gasteiger partial charge in [0.1, 0.15) is 10.7 Å². The molecule has 154 valence electrons. The number of halogens is 3. The molecule has 0 spiro atoms. The molecule has 2 aromatic heterocycles. The minimum Gasteiger partial charge on any atom is -0.395 e. The molecular weight excluding hydrogens is 403 g/mol. The summed E-state index contributed by atoms with van der Waals surface area (Å²) >= 11 is 1.53. The molecule has 6 nitrogen and oxygen atoms in total. The highest BCUT2D eigenvalue weighted by molar-refractivity contribution is 7.15. The Morgan fingerprint density at radius 1 is 1.21 bits per heavy atom. The van der Waals surface area contributed by atoms with Crippen molar-refractivity contribution >= 4 is 23.0 Å². The Hall–Kier alpha value is -2.56. The standard InChI is InChI=1S/C19H20F3N5OS/c1-12-7-13(15-10-24-17(29-15)11-27(2)5-6-28)9-14(8-12)25-18-23-4-3-16(26-18)19(20,21)22/h3-4,7-10,28H,5-6,11H2,1-2H3,(H,23,25,26). The minimum atomic E-state index is -4.53. The van der Waals surface area contributed by atoms with Gasteiger partial charge in [0.2, 0.25) is 5.95 Å². The molecule has 2 heterocycles. The van der Waals surface area contributed by atoms with Crippen molar-refractivity contribution in [1.29, 1.82) is 0 Å². The lowest BCUT2D eigenvalue weighted by atomic mass is 10.1. The summed E-state index contributed by atoms with van der Waals surface area (Å²) in [6.07, 6.45) is -1.68. The fourth-order valence-electron chi connectivity index (χ4n) is 2.70. The van der Waals surface area contributed by atoms with Gasteiger partial charge in [0, 0.05) is 24.6 Å². The number of hydrogen-bond acceptors (Lipinski definition) is 7. The molecule has 0 aliphatic carbocycles. The average Bonchev–Trinajstić information content (AvgIpc) is 3.09. The molecule has 29 heavy (non-hydrogen) atoms. The van der Waals surface area contributed by atoms with Crippen LogP contribution in [-0.4, -0.2) is 45.2 Å². The summed E-state index contributed by atoms with van der Waals surface area (Å²) in [5, 5.41) is 12.8. The summed E-state index contributed by atoms with van der Waals surface area (Å²) in [4.78, 5) is 14.7. The van der Waals surface area contributed by atoms with Crippen molar-refractivity contribution < 1.29 is 18.3 Å². The second-order valence-corrected chi connectivity index (χ2v) is 7.67. The van der Waals surface area contributed by atoms with Crippen LogP contribution in [0.3, 0.4) is 0 Å². The zero-order chi connectivity index (χ0) is 21.0. The number of aliphatic hydroxyl groups excluding tert-OH is 1. The molecule has 0 radical (unpaired) electrons. The predicted molar refractivity (Wildman–Crippen MR) is 106 cm³/mol. The Balaban J connectivity index is 1.81. The van der Waals surface area contributed by atoms with Gasteiger partial charge in [0.15, 0.2) is 0 Å². The molecule has 2 N–H and O–H groups in total. The first-order valence-corrected chi connectivity index (χ1v) is 9.59. The molecule has 0 fully saturated rings. The van der Waals surface area contributed by atoms with Gasteiger partial charge in [0.05, 0.1) is 18.0 Å². The first-order valence-electron chi connectivity index (χ1n) is 8.78. The van der Waals surface area contributed by atoms with Gasteiger partial charge >= 0.3 is 6.18 Å². The van der Waals surface area contributed by atoms with Crippen LogP contribution in [0.4, 0.5) is 24.8 Å². The van der Waals surface area contributed by atoms with Gasteiger partial charge < -0.3 is 10.4 Å². The lowest BCUT2D eigenvalue weighted by Gasteiger charge is -2.12. The van der Waals surface area contributed by atoms with Crippen LogP contribution in [0.25, 0.3) is 10.4 Å². The normalized spacial score (nSPS) is 11.8. The fourth-order valence-corrected chi connectivity index (χ4v) is 3.69. The van der Waals surface area contributed by atoms with Gasteiger partial charge in [-0.15, -0.1) is 11.3 Å². The lowest BCUT2D eigenvalue weighted by molar-refractivity contribution is -0.141. The highest BCUT2D eigenvalue weighted by Gasteiger charge is 2.32. The van der Waals surface area contributed by atoms with Crippen LogP contribution in [0.2, 0.25) is 0 Å². The number of rotatable bonds is 7. The lowest BCUT2D eigenvalue weighted by Crippen LogP contribution is -2.21. The van der Waals surface area contributed by atoms with Gasteiger partial charge in [-0.1, -0.05) is 6.07 Å². The summed E-state index contributed by atoms with van der Waals surface area (Å²) in [6.45, 7) is 3.17. The van der Waals surface area contributed by atoms with Gasteiger partial charge in [0.25, 0.3) is 0 Å². The Morgan fingerprint density at radius 3 is 2.72 bits per heavy atom. The minimum absolute atomic E-state index is 0.0826. The van der Waals surface area contributed by atoms with E-state index in [9.17, 15) is 13.2 Å². The quantitative estimate of drug-likeness (QED) is 0.596. The smallest absolute Gasteiger partial charge is 0.395 e. The largest absolute Gasteiger partial charge is 0.433 e. The topological polar surface area (TPSA) is 74.2 Å². The van der Waals surface area contributed by atoms with E-state index < -0.39 is 11.9 Å². The maximum atomic E-state index is 12.9. The highest BCUT2D eigenvalue weighted by atomic mass is 32.1. The van der Waals surface area contributed by atoms with E-state index in [-0.39, 0.29) is 12.6 Å². The summed E-state index contributed by atoms with van der Waals surface area (Å²) in [7, 11) is 1.90. The maximum absolute atomic E-state index is 12.9. The van der Waals surface area contributed by atoms with Crippen LogP contribution in [0.1, 0.15) is 16.3 Å². The zero-order valence-electron chi connectivity index (χ0n) is 15.9. The number of likely N-dealkylation sites (N-methyl/N-ethyl adjacent to an activating group) is 1. The van der Waals surface area contributed by atoms with Crippen molar-refractivity contribution in [2.45, 2.75) is 19.6 Å². The van der Waals surface area contributed by atoms with Crippen molar-refractivity contribution in [3.05, 3.63) is 52.9 Å². The molecular formula is C19H20F3N5OS. The molecule has 0 aliphatic heterocycles. The van der Waals surface area contributed by atoms with Crippen LogP contribution in [0.15, 0.2) is 36.7 Å². The molecule has 0 aliphatic rings. The van der Waals surface area contributed by atoms with Crippen LogP contribution in [0.5, 0.6) is 0 Å². The Kier molecular flexibility index (Phi) is 6.46. The maximum Gasteiger partial charge on any atom is 0.433 e. The molecule has 0 saturated heterocycles. The summed E-state index contributed by atoms with van der Waals surface area (Å²) in [5.74, 6) is -0.119. The van der Waals surface area contributed by atoms with E-state index >= 15 is 0 Å². The number of thiazole rings is 1. The third kappa shape index (κ3) is 5.72. The number of nitrogens with one attached hydrogen (secondary N) is 1. The molecule has 1 aromatic carbocycles. The van der Waals surface area contributed by atoms with Crippen LogP contribution in [0, 0.1) is 6.92 Å². The van der Waals surface area contributed by atoms with Gasteiger partial charge in [-0.3, -0.25) is 4.90 Å². The Morgan fingerprint density at radius 2 is 2.00 bits per heavy atom. The first kappa shape index (κ1) is 21.2. The van der Waals surface area contributed by atoms with E-state index in [2.05, 4.69) is 20.3 Å². The van der Waals surface area contributed by atoms with Gasteiger partial charge in [-0.05, 0) is 43.3 Å². The Labute approximate surface area is 170 Å². The predicted octanol–water partition coefficient (Wildman–Crippen LogP) is 4.10. The molecule has 3 aromatic rings. The van der Waals surface area contributed by atoms with E-state index in [1.807, 2.05) is 37.1 Å². The van der Waals surface area contributed by atoms with Crippen molar-refractivity contribution in [2.24, 2.45) is 0 Å². The second-order valence-electron chi connectivity index (χ2n) is 6.56. The molecule has 0 amide bonds. The molecule has 0 unspecified atom stereocenters. The van der Waals surface area contributed by atoms with E-state index in [1.165, 1.54) is 11.3 Å². The number of aliphatic hydroxyl groups is 1. The fraction of sp³-hybridized carbons (Fsp3) is 0.316. The van der Waals surface area contributed by atoms with Crippen LogP contribution in [-0.2, 0) is 12.7 Å². The number of aryl methyl sites for hydroxylation is 1. The van der Waals surface area contributed by atoms with E-state index in [4.69, 9.17) is 5.11 Å². The van der Waals surface area contributed by atoms with E-state index in [0.717, 1.165) is 33.3 Å². The van der Waals surface area contributed by atoms with Gasteiger partial charge in [-0.25, -0.2) is 15.0 Å². The third-order valence-electron chi connectivity index (χ3n) is 4.00. The van der Waals surface area contributed by atoms with Crippen molar-refractivity contribution in [2.75, 3.05) is 25.5 Å². The monoisotopic (exact) mass is 423 g/mol. The van der Waals surface area contributed by atoms with Crippen LogP contribution >= 0.6 is 11.3 Å². The number of hydrogen-bond donors (Lipinski definition) is 2. The number of anilines is 2. The second kappa shape index (κ2) is 8.85. The molecule has 3 rings (SSSR count). The van der Waals surface area contributed by atoms with Gasteiger partial charge in [-0.2, -0.15) is 13.2 Å². The van der Waals surface area contributed by atoms with Crippen molar-refractivity contribution in [1.82, 2.24) is 19.9 Å². The van der Waals surface area contributed by atoms with Crippen molar-refractivity contribution in [3.8, 4) is 10.4 Å². The Bertz CT molecular complexity index is 976. The SMILES string of the molecule is Cc1cc(Nc2nccc(C(F)(F)F)n2)cc(-c2cnc(CN(C)CCO)s2)c1. The zero-order valence-corrected chi connectivity index (χ0v) is 16.7. The summed E-state index contributed by atoms with van der Waals surface area (Å²) < 4.78 is 38.6. The number of aromatic nitrogens is 3. The molecule has 0 atom stereocenters. The third-order valence-corrected chi connectivity index (χ3v) is 5.04. The molecule has 0 saturated carbocycles.